The van der Waals surface area contributed by atoms with Gasteiger partial charge in [0.2, 0.25) is 10.0 Å². The van der Waals surface area contributed by atoms with Crippen LogP contribution in [0.1, 0.15) is 6.92 Å². The highest BCUT2D eigenvalue weighted by atomic mass is 32.2. The van der Waals surface area contributed by atoms with E-state index in [1.54, 1.807) is 18.2 Å². The lowest BCUT2D eigenvalue weighted by Crippen LogP contribution is -2.40. The molecule has 0 aliphatic carbocycles. The maximum Gasteiger partial charge on any atom is 0.324 e. The largest absolute Gasteiger partial charge is 0.486 e. The molecule has 160 valence electrons. The number of halogens is 1. The molecule has 1 atom stereocenters. The van der Waals surface area contributed by atoms with Crippen molar-refractivity contribution in [1.29, 1.82) is 0 Å². The lowest BCUT2D eigenvalue weighted by atomic mass is 10.2. The Balaban J connectivity index is 1.52. The number of hydrogen-bond donors (Lipinski definition) is 2. The highest BCUT2D eigenvalue weighted by Gasteiger charge is 2.25. The second-order valence-corrected chi connectivity index (χ2v) is 7.97. The van der Waals surface area contributed by atoms with Crippen LogP contribution in [0.15, 0.2) is 47.4 Å². The first kappa shape index (κ1) is 21.5. The first-order chi connectivity index (χ1) is 14.3. The molecule has 11 heteroatoms. The molecule has 0 fully saturated rings. The fourth-order valence-electron chi connectivity index (χ4n) is 2.59. The zero-order valence-corrected chi connectivity index (χ0v) is 16.7. The van der Waals surface area contributed by atoms with Crippen molar-refractivity contribution in [3.63, 3.8) is 0 Å². The maximum atomic E-state index is 13.7. The van der Waals surface area contributed by atoms with E-state index in [4.69, 9.17) is 14.2 Å². The molecule has 30 heavy (non-hydrogen) atoms. The van der Waals surface area contributed by atoms with E-state index in [9.17, 15) is 22.4 Å². The average molecular weight is 438 g/mol. The first-order valence-electron chi connectivity index (χ1n) is 8.89. The van der Waals surface area contributed by atoms with Gasteiger partial charge in [-0.15, -0.1) is 0 Å². The molecule has 3 rings (SSSR count). The monoisotopic (exact) mass is 438 g/mol. The van der Waals surface area contributed by atoms with Gasteiger partial charge in [-0.25, -0.2) is 12.8 Å². The Labute approximate surface area is 172 Å². The molecule has 1 aliphatic heterocycles. The maximum absolute atomic E-state index is 13.7. The average Bonchev–Trinajstić information content (AvgIpc) is 2.71. The molecule has 0 aromatic heterocycles. The van der Waals surface area contributed by atoms with E-state index >= 15 is 0 Å². The van der Waals surface area contributed by atoms with Gasteiger partial charge in [-0.05, 0) is 31.2 Å². The van der Waals surface area contributed by atoms with Gasteiger partial charge >= 0.3 is 5.97 Å². The lowest BCUT2D eigenvalue weighted by Gasteiger charge is -2.19. The molecule has 2 N–H and O–H groups in total. The zero-order chi connectivity index (χ0) is 21.7. The number of fused-ring (bicyclic) bond motifs is 1. The zero-order valence-electron chi connectivity index (χ0n) is 15.9. The van der Waals surface area contributed by atoms with Gasteiger partial charge in [0, 0.05) is 11.8 Å². The molecule has 0 saturated heterocycles. The number of carbonyl (C=O) groups is 2. The third-order valence-corrected chi connectivity index (χ3v) is 5.56. The molecule has 9 nitrogen and oxygen atoms in total. The molecule has 1 aliphatic rings. The van der Waals surface area contributed by atoms with Gasteiger partial charge in [0.1, 0.15) is 30.0 Å². The highest BCUT2D eigenvalue weighted by Crippen LogP contribution is 2.32. The third kappa shape index (κ3) is 5.24. The summed E-state index contributed by atoms with van der Waals surface area (Å²) in [6.07, 6.45) is 0. The summed E-state index contributed by atoms with van der Waals surface area (Å²) < 4.78 is 55.8. The molecule has 0 spiro atoms. The van der Waals surface area contributed by atoms with E-state index in [0.29, 0.717) is 30.4 Å². The Bertz CT molecular complexity index is 1060. The topological polar surface area (TPSA) is 120 Å². The quantitative estimate of drug-likeness (QED) is 0.628. The number of anilines is 1. The summed E-state index contributed by atoms with van der Waals surface area (Å²) >= 11 is 0. The van der Waals surface area contributed by atoms with Crippen LogP contribution in [0.5, 0.6) is 11.5 Å². The van der Waals surface area contributed by atoms with Crippen molar-refractivity contribution >= 4 is 27.6 Å². The Hall–Kier alpha value is -3.18. The standard InChI is InChI=1S/C19H19FN2O7S/c1-12(22-30(25,26)17-5-3-2-4-14(17)20)19(24)29-11-18(23)21-13-6-7-15-16(10-13)28-9-8-27-15/h2-7,10,12,22H,8-9,11H2,1H3,(H,21,23)/t12-/m1/s1. The van der Waals surface area contributed by atoms with Gasteiger partial charge in [0.05, 0.1) is 0 Å². The number of carbonyl (C=O) groups excluding carboxylic acids is 2. The van der Waals surface area contributed by atoms with Gasteiger partial charge in [-0.1, -0.05) is 12.1 Å². The predicted octanol–water partition coefficient (Wildman–Crippen LogP) is 1.45. The van der Waals surface area contributed by atoms with Crippen LogP contribution in [0.4, 0.5) is 10.1 Å². The molecule has 1 heterocycles. The Morgan fingerprint density at radius 1 is 1.13 bits per heavy atom. The molecule has 0 unspecified atom stereocenters. The second-order valence-electron chi connectivity index (χ2n) is 6.29. The number of amides is 1. The SMILES string of the molecule is C[C@@H](NS(=O)(=O)c1ccccc1F)C(=O)OCC(=O)Nc1ccc2c(c1)OCCO2. The molecule has 1 amide bonds. The summed E-state index contributed by atoms with van der Waals surface area (Å²) in [6.45, 7) is 1.41. The van der Waals surface area contributed by atoms with Crippen molar-refractivity contribution in [3.8, 4) is 11.5 Å². The fourth-order valence-corrected chi connectivity index (χ4v) is 3.86. The van der Waals surface area contributed by atoms with E-state index < -0.39 is 45.3 Å². The van der Waals surface area contributed by atoms with Crippen LogP contribution >= 0.6 is 0 Å². The summed E-state index contributed by atoms with van der Waals surface area (Å²) in [5.74, 6) is -1.55. The van der Waals surface area contributed by atoms with E-state index in [1.165, 1.54) is 19.1 Å². The summed E-state index contributed by atoms with van der Waals surface area (Å²) in [7, 11) is -4.28. The predicted molar refractivity (Wildman–Crippen MR) is 103 cm³/mol. The van der Waals surface area contributed by atoms with Crippen LogP contribution in [0, 0.1) is 5.82 Å². The molecule has 0 bridgehead atoms. The summed E-state index contributed by atoms with van der Waals surface area (Å²) in [5, 5.41) is 2.53. The summed E-state index contributed by atoms with van der Waals surface area (Å²) in [4.78, 5) is 23.4. The van der Waals surface area contributed by atoms with Gasteiger partial charge in [0.15, 0.2) is 18.1 Å². The first-order valence-corrected chi connectivity index (χ1v) is 10.4. The minimum Gasteiger partial charge on any atom is -0.486 e. The van der Waals surface area contributed by atoms with Crippen LogP contribution in [0.2, 0.25) is 0 Å². The number of hydrogen-bond acceptors (Lipinski definition) is 7. The van der Waals surface area contributed by atoms with Crippen LogP contribution in [-0.2, 0) is 24.3 Å². The van der Waals surface area contributed by atoms with Crippen molar-refractivity contribution < 1.29 is 36.6 Å². The molecular formula is C19H19FN2O7S. The van der Waals surface area contributed by atoms with Crippen LogP contribution in [0.25, 0.3) is 0 Å². The van der Waals surface area contributed by atoms with E-state index in [0.717, 1.165) is 12.1 Å². The number of rotatable bonds is 7. The Kier molecular flexibility index (Phi) is 6.53. The Morgan fingerprint density at radius 3 is 2.57 bits per heavy atom. The molecular weight excluding hydrogens is 419 g/mol. The molecule has 0 saturated carbocycles. The van der Waals surface area contributed by atoms with Crippen molar-refractivity contribution in [3.05, 3.63) is 48.3 Å². The van der Waals surface area contributed by atoms with Gasteiger partial charge in [-0.3, -0.25) is 9.59 Å². The lowest BCUT2D eigenvalue weighted by molar-refractivity contribution is -0.148. The highest BCUT2D eigenvalue weighted by molar-refractivity contribution is 7.89. The Morgan fingerprint density at radius 2 is 1.83 bits per heavy atom. The molecule has 2 aromatic carbocycles. The summed E-state index contributed by atoms with van der Waals surface area (Å²) in [5.41, 5.74) is 0.411. The van der Waals surface area contributed by atoms with E-state index in [-0.39, 0.29) is 0 Å². The second kappa shape index (κ2) is 9.09. The number of sulfonamides is 1. The number of esters is 1. The van der Waals surface area contributed by atoms with Crippen LogP contribution < -0.4 is 19.5 Å². The normalized spacial score (nSPS) is 13.9. The van der Waals surface area contributed by atoms with E-state index in [2.05, 4.69) is 5.32 Å². The van der Waals surface area contributed by atoms with Crippen molar-refractivity contribution in [1.82, 2.24) is 4.72 Å². The fraction of sp³-hybridized carbons (Fsp3) is 0.263. The van der Waals surface area contributed by atoms with Gasteiger partial charge in [-0.2, -0.15) is 4.72 Å². The van der Waals surface area contributed by atoms with Crippen molar-refractivity contribution in [2.45, 2.75) is 17.9 Å². The number of nitrogens with one attached hydrogen (secondary N) is 2. The van der Waals surface area contributed by atoms with Crippen molar-refractivity contribution in [2.24, 2.45) is 0 Å². The molecule has 2 aromatic rings. The van der Waals surface area contributed by atoms with E-state index in [1.807, 2.05) is 4.72 Å². The third-order valence-electron chi connectivity index (χ3n) is 3.98. The van der Waals surface area contributed by atoms with Gasteiger partial charge < -0.3 is 19.5 Å². The number of ether oxygens (including phenoxy) is 3. The summed E-state index contributed by atoms with van der Waals surface area (Å²) in [6, 6.07) is 8.20. The number of benzene rings is 2. The van der Waals surface area contributed by atoms with Crippen LogP contribution in [0.3, 0.4) is 0 Å². The minimum atomic E-state index is -4.28. The minimum absolute atomic E-state index is 0.392. The van der Waals surface area contributed by atoms with Crippen LogP contribution in [-0.4, -0.2) is 46.2 Å². The van der Waals surface area contributed by atoms with Crippen molar-refractivity contribution in [2.75, 3.05) is 25.1 Å². The smallest absolute Gasteiger partial charge is 0.324 e. The van der Waals surface area contributed by atoms with Gasteiger partial charge in [0.25, 0.3) is 5.91 Å². The molecule has 0 radical (unpaired) electrons.